The number of piperidine rings is 1. The van der Waals surface area contributed by atoms with Crippen LogP contribution in [-0.4, -0.2) is 27.4 Å². The first kappa shape index (κ1) is 15.3. The maximum Gasteiger partial charge on any atom is 0.258 e. The number of likely N-dealkylation sites (tertiary alicyclic amines) is 1. The van der Waals surface area contributed by atoms with Gasteiger partial charge in [-0.1, -0.05) is 19.3 Å². The molecule has 2 atom stereocenters. The lowest BCUT2D eigenvalue weighted by molar-refractivity contribution is 0.0812. The van der Waals surface area contributed by atoms with Gasteiger partial charge >= 0.3 is 0 Å². The monoisotopic (exact) mass is 375 g/mol. The highest BCUT2D eigenvalue weighted by Gasteiger charge is 2.31. The summed E-state index contributed by atoms with van der Waals surface area (Å²) < 4.78 is 2.49. The van der Waals surface area contributed by atoms with Crippen molar-refractivity contribution < 1.29 is 0 Å². The van der Waals surface area contributed by atoms with Crippen molar-refractivity contribution in [1.82, 2.24) is 14.3 Å². The molecule has 2 aromatic heterocycles. The Morgan fingerprint density at radius 2 is 2.00 bits per heavy atom. The van der Waals surface area contributed by atoms with E-state index in [0.717, 1.165) is 40.7 Å². The van der Waals surface area contributed by atoms with Gasteiger partial charge in [0.05, 0.1) is 5.69 Å². The Hall–Kier alpha value is -1.20. The minimum absolute atomic E-state index is 0.00106. The summed E-state index contributed by atoms with van der Waals surface area (Å²) in [4.78, 5) is 19.5. The first-order valence-electron chi connectivity index (χ1n) is 8.59. The van der Waals surface area contributed by atoms with Crippen molar-refractivity contribution in [1.29, 1.82) is 0 Å². The fourth-order valence-corrected chi connectivity index (χ4v) is 4.59. The van der Waals surface area contributed by atoms with E-state index in [9.17, 15) is 4.79 Å². The molecule has 0 radical (unpaired) electrons. The minimum atomic E-state index is -0.00106. The predicted molar refractivity (Wildman–Crippen MR) is 94.5 cm³/mol. The number of nitrogens with zero attached hydrogens (tertiary/aromatic N) is 3. The topological polar surface area (TPSA) is 37.6 Å². The van der Waals surface area contributed by atoms with E-state index in [1.165, 1.54) is 38.6 Å². The molecule has 5 heteroatoms. The smallest absolute Gasteiger partial charge is 0.258 e. The van der Waals surface area contributed by atoms with Crippen LogP contribution in [0.1, 0.15) is 37.8 Å². The van der Waals surface area contributed by atoms with Crippen molar-refractivity contribution >= 4 is 21.6 Å². The van der Waals surface area contributed by atoms with Gasteiger partial charge in [-0.25, -0.2) is 4.98 Å². The summed E-state index contributed by atoms with van der Waals surface area (Å²) >= 11 is 3.40. The van der Waals surface area contributed by atoms with Crippen molar-refractivity contribution in [3.8, 4) is 0 Å². The molecule has 122 valence electrons. The van der Waals surface area contributed by atoms with Crippen LogP contribution in [0, 0.1) is 11.8 Å². The third-order valence-corrected chi connectivity index (χ3v) is 5.91. The summed E-state index contributed by atoms with van der Waals surface area (Å²) in [6, 6.07) is 5.51. The molecule has 1 aliphatic heterocycles. The van der Waals surface area contributed by atoms with E-state index in [0.29, 0.717) is 0 Å². The van der Waals surface area contributed by atoms with Gasteiger partial charge in [0.25, 0.3) is 5.56 Å². The average Bonchev–Trinajstić information content (AvgIpc) is 2.55. The van der Waals surface area contributed by atoms with E-state index >= 15 is 0 Å². The Bertz CT molecular complexity index is 772. The van der Waals surface area contributed by atoms with E-state index in [1.807, 2.05) is 12.1 Å². The van der Waals surface area contributed by atoms with E-state index in [2.05, 4.69) is 25.8 Å². The highest BCUT2D eigenvalue weighted by Crippen LogP contribution is 2.36. The van der Waals surface area contributed by atoms with Gasteiger partial charge in [-0.2, -0.15) is 0 Å². The lowest BCUT2D eigenvalue weighted by Gasteiger charge is -2.41. The summed E-state index contributed by atoms with van der Waals surface area (Å²) in [5.74, 6) is 1.79. The molecule has 0 N–H and O–H groups in total. The van der Waals surface area contributed by atoms with Crippen molar-refractivity contribution in [2.45, 2.75) is 38.6 Å². The summed E-state index contributed by atoms with van der Waals surface area (Å²) in [7, 11) is 0. The highest BCUT2D eigenvalue weighted by molar-refractivity contribution is 9.10. The zero-order valence-corrected chi connectivity index (χ0v) is 14.8. The van der Waals surface area contributed by atoms with Gasteiger partial charge < -0.3 is 0 Å². The number of hydrogen-bond acceptors (Lipinski definition) is 3. The molecule has 0 unspecified atom stereocenters. The predicted octanol–water partition coefficient (Wildman–Crippen LogP) is 3.47. The third-order valence-electron chi connectivity index (χ3n) is 5.44. The fraction of sp³-hybridized carbons (Fsp3) is 0.556. The Balaban J connectivity index is 1.53. The lowest BCUT2D eigenvalue weighted by atomic mass is 9.75. The molecular weight excluding hydrogens is 354 g/mol. The van der Waals surface area contributed by atoms with E-state index in [-0.39, 0.29) is 5.56 Å². The molecule has 1 saturated heterocycles. The third kappa shape index (κ3) is 3.22. The van der Waals surface area contributed by atoms with Crippen LogP contribution in [0.2, 0.25) is 0 Å². The summed E-state index contributed by atoms with van der Waals surface area (Å²) in [6.45, 7) is 3.11. The molecule has 4 rings (SSSR count). The van der Waals surface area contributed by atoms with Gasteiger partial charge in [-0.15, -0.1) is 0 Å². The molecule has 2 aliphatic rings. The van der Waals surface area contributed by atoms with Gasteiger partial charge in [-0.3, -0.25) is 14.1 Å². The molecular formula is C18H22BrN3O. The van der Waals surface area contributed by atoms with E-state index in [1.54, 1.807) is 16.7 Å². The quantitative estimate of drug-likeness (QED) is 0.806. The molecule has 2 fully saturated rings. The van der Waals surface area contributed by atoms with Crippen LogP contribution >= 0.6 is 15.9 Å². The van der Waals surface area contributed by atoms with Crippen molar-refractivity contribution in [2.75, 3.05) is 13.1 Å². The highest BCUT2D eigenvalue weighted by atomic mass is 79.9. The van der Waals surface area contributed by atoms with Gasteiger partial charge in [0, 0.05) is 29.8 Å². The normalized spacial score (nSPS) is 25.4. The van der Waals surface area contributed by atoms with Crippen LogP contribution < -0.4 is 5.56 Å². The first-order valence-corrected chi connectivity index (χ1v) is 9.38. The number of pyridine rings is 1. The van der Waals surface area contributed by atoms with Crippen LogP contribution in [0.5, 0.6) is 0 Å². The summed E-state index contributed by atoms with van der Waals surface area (Å²) in [6.07, 6.45) is 8.69. The lowest BCUT2D eigenvalue weighted by Crippen LogP contribution is -2.41. The molecule has 0 spiro atoms. The Morgan fingerprint density at radius 1 is 1.17 bits per heavy atom. The Kier molecular flexibility index (Phi) is 4.24. The largest absolute Gasteiger partial charge is 0.297 e. The van der Waals surface area contributed by atoms with Crippen LogP contribution in [0.25, 0.3) is 5.65 Å². The SMILES string of the molecule is O=c1cc(CN2CC[C@H]3CCCC[C@H]3C2)nc2ccc(Br)cn12. The fourth-order valence-electron chi connectivity index (χ4n) is 4.26. The number of hydrogen-bond donors (Lipinski definition) is 0. The molecule has 2 aromatic rings. The number of aromatic nitrogens is 2. The average molecular weight is 376 g/mol. The van der Waals surface area contributed by atoms with Crippen molar-refractivity contribution in [2.24, 2.45) is 11.8 Å². The van der Waals surface area contributed by atoms with Gasteiger partial charge in [0.1, 0.15) is 5.65 Å². The van der Waals surface area contributed by atoms with Crippen LogP contribution in [0.15, 0.2) is 33.7 Å². The molecule has 1 saturated carbocycles. The van der Waals surface area contributed by atoms with Gasteiger partial charge in [-0.05, 0) is 59.3 Å². The van der Waals surface area contributed by atoms with Crippen molar-refractivity contribution in [3.63, 3.8) is 0 Å². The zero-order chi connectivity index (χ0) is 15.8. The van der Waals surface area contributed by atoms with Gasteiger partial charge in [0.2, 0.25) is 0 Å². The molecule has 0 aromatic carbocycles. The molecule has 3 heterocycles. The second-order valence-electron chi connectivity index (χ2n) is 6.99. The molecule has 0 bridgehead atoms. The second-order valence-corrected chi connectivity index (χ2v) is 7.91. The Labute approximate surface area is 144 Å². The standard InChI is InChI=1S/C18H22BrN3O/c19-15-5-6-17-20-16(9-18(23)22(17)11-15)12-21-8-7-13-3-1-2-4-14(13)10-21/h5-6,9,11,13-14H,1-4,7-8,10,12H2/t13-,14+/m1/s1. The number of rotatable bonds is 2. The van der Waals surface area contributed by atoms with E-state index < -0.39 is 0 Å². The minimum Gasteiger partial charge on any atom is -0.297 e. The first-order chi connectivity index (χ1) is 11.2. The number of fused-ring (bicyclic) bond motifs is 2. The maximum absolute atomic E-state index is 12.3. The second kappa shape index (κ2) is 6.36. The summed E-state index contributed by atoms with van der Waals surface area (Å²) in [5.41, 5.74) is 1.62. The zero-order valence-electron chi connectivity index (χ0n) is 13.2. The maximum atomic E-state index is 12.3. The molecule has 1 aliphatic carbocycles. The van der Waals surface area contributed by atoms with Gasteiger partial charge in [0.15, 0.2) is 0 Å². The number of halogens is 1. The molecule has 23 heavy (non-hydrogen) atoms. The van der Waals surface area contributed by atoms with Crippen molar-refractivity contribution in [3.05, 3.63) is 44.9 Å². The van der Waals surface area contributed by atoms with Crippen LogP contribution in [0.4, 0.5) is 0 Å². The van der Waals surface area contributed by atoms with Crippen LogP contribution in [0.3, 0.4) is 0 Å². The van der Waals surface area contributed by atoms with E-state index in [4.69, 9.17) is 0 Å². The molecule has 4 nitrogen and oxygen atoms in total. The summed E-state index contributed by atoms with van der Waals surface area (Å²) in [5, 5.41) is 0. The molecule has 0 amide bonds. The Morgan fingerprint density at radius 3 is 2.87 bits per heavy atom. The van der Waals surface area contributed by atoms with Crippen LogP contribution in [-0.2, 0) is 6.54 Å².